The fourth-order valence-electron chi connectivity index (χ4n) is 2.88. The molecule has 0 aromatic heterocycles. The van der Waals surface area contributed by atoms with Crippen molar-refractivity contribution < 1.29 is 14.3 Å². The molecule has 21 heavy (non-hydrogen) atoms. The Bertz CT molecular complexity index is 510. The number of urea groups is 1. The van der Waals surface area contributed by atoms with Gasteiger partial charge in [-0.2, -0.15) is 0 Å². The zero-order valence-corrected chi connectivity index (χ0v) is 12.4. The van der Waals surface area contributed by atoms with Gasteiger partial charge >= 0.3 is 6.03 Å². The number of carbonyl (C=O) groups is 1. The van der Waals surface area contributed by atoms with Crippen LogP contribution < -0.4 is 20.1 Å². The third-order valence-electron chi connectivity index (χ3n) is 4.15. The summed E-state index contributed by atoms with van der Waals surface area (Å²) in [7, 11) is 0. The van der Waals surface area contributed by atoms with Gasteiger partial charge in [-0.25, -0.2) is 4.79 Å². The number of amides is 2. The van der Waals surface area contributed by atoms with E-state index in [1.165, 1.54) is 12.8 Å². The summed E-state index contributed by atoms with van der Waals surface area (Å²) in [4.78, 5) is 12.0. The van der Waals surface area contributed by atoms with Gasteiger partial charge in [0.25, 0.3) is 0 Å². The van der Waals surface area contributed by atoms with Crippen LogP contribution in [0.4, 0.5) is 10.5 Å². The lowest BCUT2D eigenvalue weighted by atomic mass is 9.87. The molecule has 1 aliphatic heterocycles. The maximum Gasteiger partial charge on any atom is 0.319 e. The minimum Gasteiger partial charge on any atom is -0.486 e. The SMILES string of the molecule is CC1CCC(NC(=O)Nc2ccc3c(c2)OCCO3)CC1. The largest absolute Gasteiger partial charge is 0.486 e. The maximum atomic E-state index is 12.0. The number of benzene rings is 1. The number of rotatable bonds is 2. The summed E-state index contributed by atoms with van der Waals surface area (Å²) < 4.78 is 11.0. The summed E-state index contributed by atoms with van der Waals surface area (Å²) in [5.74, 6) is 2.20. The van der Waals surface area contributed by atoms with E-state index in [0.29, 0.717) is 25.0 Å². The van der Waals surface area contributed by atoms with E-state index >= 15 is 0 Å². The van der Waals surface area contributed by atoms with Crippen LogP contribution in [0.2, 0.25) is 0 Å². The molecule has 114 valence electrons. The maximum absolute atomic E-state index is 12.0. The molecule has 0 saturated heterocycles. The van der Waals surface area contributed by atoms with Crippen LogP contribution in [-0.4, -0.2) is 25.3 Å². The second-order valence-electron chi connectivity index (χ2n) is 5.91. The van der Waals surface area contributed by atoms with E-state index in [1.54, 1.807) is 6.07 Å². The van der Waals surface area contributed by atoms with Crippen LogP contribution in [0.15, 0.2) is 18.2 Å². The summed E-state index contributed by atoms with van der Waals surface area (Å²) in [5.41, 5.74) is 0.723. The summed E-state index contributed by atoms with van der Waals surface area (Å²) >= 11 is 0. The molecule has 0 radical (unpaired) electrons. The van der Waals surface area contributed by atoms with Crippen molar-refractivity contribution in [2.45, 2.75) is 38.6 Å². The third kappa shape index (κ3) is 3.60. The van der Waals surface area contributed by atoms with E-state index in [2.05, 4.69) is 17.6 Å². The van der Waals surface area contributed by atoms with Gasteiger partial charge in [0.05, 0.1) is 0 Å². The van der Waals surface area contributed by atoms with Crippen molar-refractivity contribution in [1.82, 2.24) is 5.32 Å². The van der Waals surface area contributed by atoms with Gasteiger partial charge in [-0.1, -0.05) is 6.92 Å². The molecule has 3 rings (SSSR count). The molecule has 5 nitrogen and oxygen atoms in total. The predicted molar refractivity (Wildman–Crippen MR) is 81.0 cm³/mol. The third-order valence-corrected chi connectivity index (χ3v) is 4.15. The first-order chi connectivity index (χ1) is 10.2. The van der Waals surface area contributed by atoms with Gasteiger partial charge < -0.3 is 20.1 Å². The minimum atomic E-state index is -0.147. The number of carbonyl (C=O) groups excluding carboxylic acids is 1. The number of fused-ring (bicyclic) bond motifs is 1. The Morgan fingerprint density at radius 1 is 1.10 bits per heavy atom. The van der Waals surface area contributed by atoms with Gasteiger partial charge in [0.2, 0.25) is 0 Å². The summed E-state index contributed by atoms with van der Waals surface area (Å²) in [5, 5.41) is 5.91. The fourth-order valence-corrected chi connectivity index (χ4v) is 2.88. The Morgan fingerprint density at radius 2 is 1.81 bits per heavy atom. The average molecular weight is 290 g/mol. The number of nitrogens with one attached hydrogen (secondary N) is 2. The predicted octanol–water partition coefficient (Wildman–Crippen LogP) is 3.16. The molecule has 1 aromatic rings. The quantitative estimate of drug-likeness (QED) is 0.879. The Labute approximate surface area is 125 Å². The molecule has 0 atom stereocenters. The summed E-state index contributed by atoms with van der Waals surface area (Å²) in [6, 6.07) is 5.60. The van der Waals surface area contributed by atoms with Crippen LogP contribution in [0.25, 0.3) is 0 Å². The molecule has 0 unspecified atom stereocenters. The standard InChI is InChI=1S/C16H22N2O3/c1-11-2-4-12(5-3-11)17-16(19)18-13-6-7-14-15(10-13)21-9-8-20-14/h6-7,10-12H,2-5,8-9H2,1H3,(H2,17,18,19). The first kappa shape index (κ1) is 14.0. The number of ether oxygens (including phenoxy) is 2. The van der Waals surface area contributed by atoms with Gasteiger partial charge in [0.1, 0.15) is 13.2 Å². The van der Waals surface area contributed by atoms with E-state index in [1.807, 2.05) is 12.1 Å². The molecule has 1 heterocycles. The van der Waals surface area contributed by atoms with E-state index in [9.17, 15) is 4.79 Å². The Balaban J connectivity index is 1.55. The van der Waals surface area contributed by atoms with Crippen molar-refractivity contribution in [2.75, 3.05) is 18.5 Å². The highest BCUT2D eigenvalue weighted by molar-refractivity contribution is 5.89. The molecule has 2 aliphatic rings. The molecule has 5 heteroatoms. The molecule has 1 aliphatic carbocycles. The molecule has 1 saturated carbocycles. The van der Waals surface area contributed by atoms with Crippen molar-refractivity contribution in [2.24, 2.45) is 5.92 Å². The van der Waals surface area contributed by atoms with Crippen LogP contribution in [0.3, 0.4) is 0 Å². The Morgan fingerprint density at radius 3 is 2.57 bits per heavy atom. The highest BCUT2D eigenvalue weighted by atomic mass is 16.6. The van der Waals surface area contributed by atoms with E-state index in [-0.39, 0.29) is 6.03 Å². The minimum absolute atomic E-state index is 0.147. The summed E-state index contributed by atoms with van der Waals surface area (Å²) in [6.07, 6.45) is 4.51. The molecule has 2 amide bonds. The lowest BCUT2D eigenvalue weighted by Gasteiger charge is -2.27. The van der Waals surface area contributed by atoms with Crippen LogP contribution in [0, 0.1) is 5.92 Å². The second kappa shape index (κ2) is 6.24. The molecule has 2 N–H and O–H groups in total. The van der Waals surface area contributed by atoms with Crippen molar-refractivity contribution >= 4 is 11.7 Å². The zero-order chi connectivity index (χ0) is 14.7. The van der Waals surface area contributed by atoms with Crippen molar-refractivity contribution in [3.63, 3.8) is 0 Å². The van der Waals surface area contributed by atoms with Crippen LogP contribution >= 0.6 is 0 Å². The molecule has 0 bridgehead atoms. The number of hydrogen-bond acceptors (Lipinski definition) is 3. The highest BCUT2D eigenvalue weighted by Crippen LogP contribution is 2.32. The molecule has 1 aromatic carbocycles. The van der Waals surface area contributed by atoms with E-state index in [0.717, 1.165) is 30.2 Å². The van der Waals surface area contributed by atoms with E-state index < -0.39 is 0 Å². The number of hydrogen-bond donors (Lipinski definition) is 2. The van der Waals surface area contributed by atoms with Crippen LogP contribution in [0.1, 0.15) is 32.6 Å². The van der Waals surface area contributed by atoms with Gasteiger partial charge in [-0.05, 0) is 43.7 Å². The van der Waals surface area contributed by atoms with Gasteiger partial charge in [-0.3, -0.25) is 0 Å². The average Bonchev–Trinajstić information content (AvgIpc) is 2.49. The zero-order valence-electron chi connectivity index (χ0n) is 12.4. The smallest absolute Gasteiger partial charge is 0.319 e. The van der Waals surface area contributed by atoms with Crippen molar-refractivity contribution in [3.8, 4) is 11.5 Å². The van der Waals surface area contributed by atoms with Crippen molar-refractivity contribution in [3.05, 3.63) is 18.2 Å². The molecular formula is C16H22N2O3. The topological polar surface area (TPSA) is 59.6 Å². The second-order valence-corrected chi connectivity index (χ2v) is 5.91. The molecule has 0 spiro atoms. The molecular weight excluding hydrogens is 268 g/mol. The fraction of sp³-hybridized carbons (Fsp3) is 0.562. The first-order valence-corrected chi connectivity index (χ1v) is 7.68. The van der Waals surface area contributed by atoms with Gasteiger partial charge in [0, 0.05) is 17.8 Å². The molecule has 1 fully saturated rings. The van der Waals surface area contributed by atoms with Crippen LogP contribution in [-0.2, 0) is 0 Å². The Kier molecular flexibility index (Phi) is 4.18. The Hall–Kier alpha value is -1.91. The monoisotopic (exact) mass is 290 g/mol. The lowest BCUT2D eigenvalue weighted by molar-refractivity contribution is 0.171. The first-order valence-electron chi connectivity index (χ1n) is 7.68. The van der Waals surface area contributed by atoms with Gasteiger partial charge in [-0.15, -0.1) is 0 Å². The normalized spacial score (nSPS) is 24.2. The highest BCUT2D eigenvalue weighted by Gasteiger charge is 2.20. The van der Waals surface area contributed by atoms with Gasteiger partial charge in [0.15, 0.2) is 11.5 Å². The summed E-state index contributed by atoms with van der Waals surface area (Å²) in [6.45, 7) is 3.38. The van der Waals surface area contributed by atoms with E-state index in [4.69, 9.17) is 9.47 Å². The van der Waals surface area contributed by atoms with Crippen molar-refractivity contribution in [1.29, 1.82) is 0 Å². The number of anilines is 1. The van der Waals surface area contributed by atoms with Crippen LogP contribution in [0.5, 0.6) is 11.5 Å². The lowest BCUT2D eigenvalue weighted by Crippen LogP contribution is -2.39.